The van der Waals surface area contributed by atoms with Gasteiger partial charge >= 0.3 is 5.97 Å². The van der Waals surface area contributed by atoms with Gasteiger partial charge in [-0.05, 0) is 31.0 Å². The zero-order valence-electron chi connectivity index (χ0n) is 13.9. The van der Waals surface area contributed by atoms with Crippen molar-refractivity contribution >= 4 is 28.6 Å². The first-order valence-electron chi connectivity index (χ1n) is 8.01. The summed E-state index contributed by atoms with van der Waals surface area (Å²) in [6.07, 6.45) is 2.17. The van der Waals surface area contributed by atoms with E-state index in [0.717, 1.165) is 18.7 Å². The van der Waals surface area contributed by atoms with Crippen molar-refractivity contribution < 1.29 is 9.53 Å². The van der Waals surface area contributed by atoms with Crippen molar-refractivity contribution in [3.8, 4) is 0 Å². The second kappa shape index (κ2) is 6.45. The zero-order valence-corrected chi connectivity index (χ0v) is 14.7. The molecule has 1 aromatic carbocycles. The van der Waals surface area contributed by atoms with Gasteiger partial charge in [0.15, 0.2) is 5.82 Å². The van der Waals surface area contributed by atoms with Crippen molar-refractivity contribution in [2.75, 3.05) is 13.0 Å². The lowest BCUT2D eigenvalue weighted by Crippen LogP contribution is -2.14. The summed E-state index contributed by atoms with van der Waals surface area (Å²) in [6.45, 7) is 0. The molecule has 4 rings (SSSR count). The van der Waals surface area contributed by atoms with Crippen LogP contribution >= 0.6 is 11.8 Å². The Morgan fingerprint density at radius 2 is 2.23 bits per heavy atom. The fraction of sp³-hybridized carbons (Fsp3) is 0.312. The molecule has 1 fully saturated rings. The highest BCUT2D eigenvalue weighted by atomic mass is 32.2. The van der Waals surface area contributed by atoms with E-state index in [1.54, 1.807) is 12.1 Å². The summed E-state index contributed by atoms with van der Waals surface area (Å²) in [5, 5.41) is 9.19. The number of nitrogens with one attached hydrogen (secondary N) is 1. The van der Waals surface area contributed by atoms with E-state index in [9.17, 15) is 9.59 Å². The summed E-state index contributed by atoms with van der Waals surface area (Å²) < 4.78 is 6.20. The molecule has 2 heterocycles. The van der Waals surface area contributed by atoms with Crippen LogP contribution in [-0.2, 0) is 10.5 Å². The van der Waals surface area contributed by atoms with Crippen LogP contribution in [0.3, 0.4) is 0 Å². The number of methoxy groups -OCH3 is 1. The predicted molar refractivity (Wildman–Crippen MR) is 95.4 cm³/mol. The molecule has 1 saturated carbocycles. The summed E-state index contributed by atoms with van der Waals surface area (Å²) in [5.74, 6) is 7.57. The average Bonchev–Trinajstić information content (AvgIpc) is 3.42. The van der Waals surface area contributed by atoms with Crippen LogP contribution in [0.5, 0.6) is 0 Å². The second-order valence-electron chi connectivity index (χ2n) is 6.01. The number of fused-ring (bicyclic) bond motifs is 1. The van der Waals surface area contributed by atoms with Gasteiger partial charge in [0, 0.05) is 5.92 Å². The number of carbonyl (C=O) groups excluding carboxylic acids is 1. The molecule has 3 N–H and O–H groups in total. The van der Waals surface area contributed by atoms with Crippen LogP contribution in [0.15, 0.2) is 28.2 Å². The first-order valence-corrected chi connectivity index (χ1v) is 9.00. The van der Waals surface area contributed by atoms with Gasteiger partial charge in [-0.3, -0.25) is 4.79 Å². The monoisotopic (exact) mass is 372 g/mol. The van der Waals surface area contributed by atoms with Crippen LogP contribution in [0.25, 0.3) is 10.9 Å². The Morgan fingerprint density at radius 3 is 2.96 bits per heavy atom. The van der Waals surface area contributed by atoms with Crippen molar-refractivity contribution in [3.63, 3.8) is 0 Å². The summed E-state index contributed by atoms with van der Waals surface area (Å²) in [5.41, 5.74) is 0.502. The molecule has 0 amide bonds. The minimum Gasteiger partial charge on any atom is -0.465 e. The largest absolute Gasteiger partial charge is 0.465 e. The van der Waals surface area contributed by atoms with Crippen molar-refractivity contribution in [1.29, 1.82) is 0 Å². The molecule has 0 saturated heterocycles. The summed E-state index contributed by atoms with van der Waals surface area (Å²) in [7, 11) is 1.30. The minimum absolute atomic E-state index is 0.269. The highest BCUT2D eigenvalue weighted by molar-refractivity contribution is 7.98. The standard InChI is InChI=1S/C16H16N6O3S/c1-25-15(24)9-4-5-10-11(6-9)18-12(19-14(10)23)7-26-16-21-20-13(22(16)17)8-2-3-8/h4-6,8H,2-3,7,17H2,1H3,(H,18,19,23). The number of nitrogens with zero attached hydrogens (tertiary/aromatic N) is 4. The summed E-state index contributed by atoms with van der Waals surface area (Å²) >= 11 is 1.34. The molecule has 0 bridgehead atoms. The Bertz CT molecular complexity index is 1060. The molecule has 1 aliphatic rings. The number of esters is 1. The van der Waals surface area contributed by atoms with Gasteiger partial charge in [0.05, 0.1) is 29.3 Å². The Labute approximate surface area is 151 Å². The third-order valence-corrected chi connectivity index (χ3v) is 5.10. The van der Waals surface area contributed by atoms with Gasteiger partial charge < -0.3 is 15.6 Å². The maximum absolute atomic E-state index is 12.3. The molecule has 9 nitrogen and oxygen atoms in total. The van der Waals surface area contributed by atoms with Gasteiger partial charge in [-0.1, -0.05) is 11.8 Å². The molecule has 10 heteroatoms. The zero-order chi connectivity index (χ0) is 18.3. The molecule has 0 atom stereocenters. The summed E-state index contributed by atoms with van der Waals surface area (Å²) in [6, 6.07) is 4.64. The summed E-state index contributed by atoms with van der Waals surface area (Å²) in [4.78, 5) is 31.1. The van der Waals surface area contributed by atoms with Gasteiger partial charge in [0.1, 0.15) is 5.82 Å². The van der Waals surface area contributed by atoms with Gasteiger partial charge in [0.2, 0.25) is 5.16 Å². The molecule has 3 aromatic rings. The fourth-order valence-electron chi connectivity index (χ4n) is 2.64. The molecule has 2 aromatic heterocycles. The van der Waals surface area contributed by atoms with Crippen LogP contribution in [0, 0.1) is 0 Å². The molecule has 0 aliphatic heterocycles. The van der Waals surface area contributed by atoms with E-state index in [1.165, 1.54) is 29.6 Å². The number of thioether (sulfide) groups is 1. The van der Waals surface area contributed by atoms with E-state index in [2.05, 4.69) is 20.2 Å². The van der Waals surface area contributed by atoms with Gasteiger partial charge in [-0.15, -0.1) is 10.2 Å². The lowest BCUT2D eigenvalue weighted by Gasteiger charge is -2.05. The van der Waals surface area contributed by atoms with Crippen LogP contribution < -0.4 is 11.4 Å². The Kier molecular flexibility index (Phi) is 4.11. The second-order valence-corrected chi connectivity index (χ2v) is 6.95. The predicted octanol–water partition coefficient (Wildman–Crippen LogP) is 1.18. The van der Waals surface area contributed by atoms with E-state index in [1.807, 2.05) is 0 Å². The van der Waals surface area contributed by atoms with E-state index < -0.39 is 5.97 Å². The topological polar surface area (TPSA) is 129 Å². The third-order valence-electron chi connectivity index (χ3n) is 4.15. The van der Waals surface area contributed by atoms with Crippen LogP contribution in [0.4, 0.5) is 0 Å². The number of nitrogen functional groups attached to an aromatic ring is 1. The number of hydrogen-bond donors (Lipinski definition) is 2. The number of hydrogen-bond acceptors (Lipinski definition) is 8. The van der Waals surface area contributed by atoms with Crippen LogP contribution in [0.1, 0.15) is 40.8 Å². The quantitative estimate of drug-likeness (QED) is 0.388. The van der Waals surface area contributed by atoms with E-state index >= 15 is 0 Å². The Balaban J connectivity index is 1.60. The number of aromatic nitrogens is 5. The number of benzene rings is 1. The number of nitrogens with two attached hydrogens (primary N) is 1. The maximum Gasteiger partial charge on any atom is 0.337 e. The van der Waals surface area contributed by atoms with Crippen molar-refractivity contribution in [2.24, 2.45) is 0 Å². The number of H-pyrrole nitrogens is 1. The van der Waals surface area contributed by atoms with Crippen LogP contribution in [-0.4, -0.2) is 37.9 Å². The normalized spacial score (nSPS) is 13.9. The lowest BCUT2D eigenvalue weighted by molar-refractivity contribution is 0.0601. The van der Waals surface area contributed by atoms with E-state index in [-0.39, 0.29) is 5.56 Å². The molecule has 0 unspecified atom stereocenters. The van der Waals surface area contributed by atoms with E-state index in [4.69, 9.17) is 10.6 Å². The van der Waals surface area contributed by atoms with Crippen LogP contribution in [0.2, 0.25) is 0 Å². The number of carbonyl (C=O) groups is 1. The Hall–Kier alpha value is -2.88. The number of rotatable bonds is 5. The van der Waals surface area contributed by atoms with Crippen molar-refractivity contribution in [3.05, 3.63) is 45.8 Å². The lowest BCUT2D eigenvalue weighted by atomic mass is 10.1. The first kappa shape index (κ1) is 16.6. The fourth-order valence-corrected chi connectivity index (χ4v) is 3.37. The number of ether oxygens (including phenoxy) is 1. The van der Waals surface area contributed by atoms with Gasteiger partial charge in [-0.2, -0.15) is 0 Å². The van der Waals surface area contributed by atoms with Crippen molar-refractivity contribution in [2.45, 2.75) is 29.7 Å². The highest BCUT2D eigenvalue weighted by Gasteiger charge is 2.29. The van der Waals surface area contributed by atoms with Gasteiger partial charge in [0.25, 0.3) is 5.56 Å². The Morgan fingerprint density at radius 1 is 1.42 bits per heavy atom. The average molecular weight is 372 g/mol. The van der Waals surface area contributed by atoms with E-state index in [0.29, 0.717) is 39.1 Å². The molecule has 26 heavy (non-hydrogen) atoms. The minimum atomic E-state index is -0.478. The molecule has 1 aliphatic carbocycles. The smallest absolute Gasteiger partial charge is 0.337 e. The maximum atomic E-state index is 12.3. The molecule has 0 spiro atoms. The highest BCUT2D eigenvalue weighted by Crippen LogP contribution is 2.39. The van der Waals surface area contributed by atoms with Gasteiger partial charge in [-0.25, -0.2) is 14.5 Å². The molecule has 134 valence electrons. The SMILES string of the molecule is COC(=O)c1ccc2c(=O)[nH]c(CSc3nnc(C4CC4)n3N)nc2c1. The van der Waals surface area contributed by atoms with Crippen molar-refractivity contribution in [1.82, 2.24) is 24.8 Å². The third kappa shape index (κ3) is 3.03. The molecule has 0 radical (unpaired) electrons. The first-order chi connectivity index (χ1) is 12.6. The molecular weight excluding hydrogens is 356 g/mol. The number of aromatic amines is 1. The molecular formula is C16H16N6O3S.